The maximum atomic E-state index is 13.2. The third-order valence-corrected chi connectivity index (χ3v) is 11.3. The number of hydrogen-bond donors (Lipinski definition) is 5. The summed E-state index contributed by atoms with van der Waals surface area (Å²) in [6.07, 6.45) is 4.21. The molecule has 14 nitrogen and oxygen atoms in total. The van der Waals surface area contributed by atoms with Gasteiger partial charge in [-0.2, -0.15) is 9.29 Å². The van der Waals surface area contributed by atoms with E-state index in [4.69, 9.17) is 18.0 Å². The predicted octanol–water partition coefficient (Wildman–Crippen LogP) is 4.33. The Hall–Kier alpha value is -5.04. The van der Waals surface area contributed by atoms with Crippen LogP contribution in [0.4, 0.5) is 0 Å². The first-order valence-electron chi connectivity index (χ1n) is 18.6. The van der Waals surface area contributed by atoms with E-state index in [0.29, 0.717) is 42.3 Å². The summed E-state index contributed by atoms with van der Waals surface area (Å²) in [5.74, 6) is -0.173. The topological polar surface area (TPSA) is 198 Å². The first-order valence-corrected chi connectivity index (χ1v) is 20.0. The summed E-state index contributed by atoms with van der Waals surface area (Å²) in [7, 11) is -3.54. The van der Waals surface area contributed by atoms with Crippen molar-refractivity contribution in [2.45, 2.75) is 95.5 Å². The number of rotatable bonds is 12. The second-order valence-corrected chi connectivity index (χ2v) is 17.6. The van der Waals surface area contributed by atoms with Gasteiger partial charge in [-0.1, -0.05) is 65.8 Å². The number of piperidine rings is 1. The number of sulfonamides is 1. The van der Waals surface area contributed by atoms with E-state index in [1.807, 2.05) is 42.5 Å². The Morgan fingerprint density at radius 1 is 1.04 bits per heavy atom. The minimum atomic E-state index is -3.54. The molecule has 15 heteroatoms. The molecule has 7 N–H and O–H groups in total. The molecule has 0 bridgehead atoms. The smallest absolute Gasteiger partial charge is 0.354 e. The van der Waals surface area contributed by atoms with E-state index in [1.54, 1.807) is 22.6 Å². The molecule has 1 amide bonds. The standard InChI is InChI=1S/C21H27N7O2.C19H29N3O2S/c1-21(2,3)16-10-14-12-28(20(30)27-18(14)26-16)15-6-4-13(5-7-15)11-25-17(29)8-9-24-19(22)23;1-19(2,3)16-6-8-18(9-7-16)25(23,24)22(15-5-12-20-4)17-10-13-21-14-11-17/h4-7,10,12H,8-9,11H2,1-3H3,(H,25,29)(H4,22,23,24)(H,26,27,30);6-9,17,21H,5,10-15H2,1-3H3. The van der Waals surface area contributed by atoms with Gasteiger partial charge in [-0.05, 0) is 72.8 Å². The van der Waals surface area contributed by atoms with Gasteiger partial charge in [0.05, 0.1) is 17.1 Å². The summed E-state index contributed by atoms with van der Waals surface area (Å²) in [6.45, 7) is 22.7. The van der Waals surface area contributed by atoms with Gasteiger partial charge in [0.2, 0.25) is 22.5 Å². The first-order chi connectivity index (χ1) is 25.9. The number of aromatic amines is 1. The molecule has 2 aromatic heterocycles. The second kappa shape index (κ2) is 18.5. The number of aliphatic imine (C=N–C) groups is 1. The number of benzene rings is 2. The Morgan fingerprint density at radius 2 is 1.69 bits per heavy atom. The van der Waals surface area contributed by atoms with E-state index in [2.05, 4.69) is 72.0 Å². The fourth-order valence-electron chi connectivity index (χ4n) is 6.09. The highest BCUT2D eigenvalue weighted by Crippen LogP contribution is 2.27. The molecule has 0 aliphatic carbocycles. The summed E-state index contributed by atoms with van der Waals surface area (Å²) >= 11 is 0. The van der Waals surface area contributed by atoms with Crippen molar-refractivity contribution in [3.05, 3.63) is 99.5 Å². The van der Waals surface area contributed by atoms with Crippen molar-refractivity contribution >= 4 is 32.9 Å². The van der Waals surface area contributed by atoms with Crippen molar-refractivity contribution in [3.8, 4) is 5.69 Å². The maximum Gasteiger partial charge on any atom is 0.354 e. The number of carbonyl (C=O) groups excluding carboxylic acids is 1. The normalized spacial score (nSPS) is 13.9. The molecule has 296 valence electrons. The van der Waals surface area contributed by atoms with Gasteiger partial charge in [0.25, 0.3) is 0 Å². The van der Waals surface area contributed by atoms with Crippen molar-refractivity contribution in [2.24, 2.45) is 16.5 Å². The lowest BCUT2D eigenvalue weighted by molar-refractivity contribution is -0.121. The number of amides is 1. The molecule has 0 saturated carbocycles. The molecule has 4 aromatic rings. The fraction of sp³-hybridized carbons (Fsp3) is 0.475. The van der Waals surface area contributed by atoms with Crippen LogP contribution in [0.25, 0.3) is 21.6 Å². The molecular weight excluding hydrogens is 717 g/mol. The second-order valence-electron chi connectivity index (χ2n) is 15.7. The summed E-state index contributed by atoms with van der Waals surface area (Å²) in [5.41, 5.74) is 14.4. The largest absolute Gasteiger partial charge is 0.370 e. The highest BCUT2D eigenvalue weighted by molar-refractivity contribution is 7.89. The van der Waals surface area contributed by atoms with Crippen molar-refractivity contribution in [1.82, 2.24) is 29.5 Å². The van der Waals surface area contributed by atoms with Crippen LogP contribution in [0.5, 0.6) is 0 Å². The molecule has 0 spiro atoms. The molecule has 1 fully saturated rings. The number of carbonyl (C=O) groups is 1. The van der Waals surface area contributed by atoms with Crippen LogP contribution in [0.1, 0.15) is 84.0 Å². The first kappa shape index (κ1) is 42.7. The van der Waals surface area contributed by atoms with Gasteiger partial charge in [0.15, 0.2) is 5.96 Å². The average molecular weight is 773 g/mol. The van der Waals surface area contributed by atoms with E-state index >= 15 is 0 Å². The van der Waals surface area contributed by atoms with E-state index in [9.17, 15) is 18.0 Å². The lowest BCUT2D eigenvalue weighted by Gasteiger charge is -2.33. The molecule has 55 heavy (non-hydrogen) atoms. The van der Waals surface area contributed by atoms with E-state index in [-0.39, 0.29) is 47.4 Å². The van der Waals surface area contributed by atoms with Crippen molar-refractivity contribution < 1.29 is 13.2 Å². The number of nitrogens with one attached hydrogen (secondary N) is 3. The van der Waals surface area contributed by atoms with Gasteiger partial charge in [-0.15, -0.1) is 0 Å². The molecule has 3 heterocycles. The highest BCUT2D eigenvalue weighted by Gasteiger charge is 2.32. The predicted molar refractivity (Wildman–Crippen MR) is 219 cm³/mol. The van der Waals surface area contributed by atoms with Gasteiger partial charge in [-0.25, -0.2) is 19.8 Å². The van der Waals surface area contributed by atoms with Gasteiger partial charge < -0.3 is 31.9 Å². The third kappa shape index (κ3) is 12.0. The summed E-state index contributed by atoms with van der Waals surface area (Å²) in [5, 5.41) is 6.96. The van der Waals surface area contributed by atoms with Crippen LogP contribution in [-0.4, -0.2) is 77.9 Å². The fourth-order valence-corrected chi connectivity index (χ4v) is 7.82. The van der Waals surface area contributed by atoms with Crippen molar-refractivity contribution in [1.29, 1.82) is 0 Å². The van der Waals surface area contributed by atoms with Crippen LogP contribution >= 0.6 is 0 Å². The summed E-state index contributed by atoms with van der Waals surface area (Å²) < 4.78 is 29.6. The highest BCUT2D eigenvalue weighted by atomic mass is 32.2. The zero-order chi connectivity index (χ0) is 40.4. The van der Waals surface area contributed by atoms with Crippen molar-refractivity contribution in [2.75, 3.05) is 32.7 Å². The Balaban J connectivity index is 0.000000249. The van der Waals surface area contributed by atoms with Gasteiger partial charge in [-0.3, -0.25) is 14.4 Å². The number of fused-ring (bicyclic) bond motifs is 1. The number of nitrogens with two attached hydrogens (primary N) is 2. The molecule has 1 aliphatic rings. The minimum Gasteiger partial charge on any atom is -0.370 e. The van der Waals surface area contributed by atoms with Crippen molar-refractivity contribution in [3.63, 3.8) is 0 Å². The molecule has 1 saturated heterocycles. The molecular formula is C40H56N10O4S. The zero-order valence-corrected chi connectivity index (χ0v) is 33.7. The quantitative estimate of drug-likeness (QED) is 0.0607. The number of guanidine groups is 1. The van der Waals surface area contributed by atoms with Crippen LogP contribution in [0, 0.1) is 6.57 Å². The minimum absolute atomic E-state index is 0.00729. The summed E-state index contributed by atoms with van der Waals surface area (Å²) in [4.78, 5) is 39.2. The number of nitrogens with zero attached hydrogens (tertiary/aromatic N) is 5. The number of aromatic nitrogens is 3. The maximum absolute atomic E-state index is 13.2. The molecule has 1 aliphatic heterocycles. The Morgan fingerprint density at radius 3 is 2.27 bits per heavy atom. The van der Waals surface area contributed by atoms with Crippen LogP contribution in [0.2, 0.25) is 0 Å². The lowest BCUT2D eigenvalue weighted by Crippen LogP contribution is -2.46. The average Bonchev–Trinajstić information content (AvgIpc) is 3.56. The zero-order valence-electron chi connectivity index (χ0n) is 32.9. The van der Waals surface area contributed by atoms with E-state index in [1.165, 1.54) is 4.57 Å². The van der Waals surface area contributed by atoms with E-state index in [0.717, 1.165) is 48.1 Å². The van der Waals surface area contributed by atoms with Crippen LogP contribution in [-0.2, 0) is 32.2 Å². The molecule has 5 rings (SSSR count). The molecule has 0 atom stereocenters. The molecule has 0 unspecified atom stereocenters. The van der Waals surface area contributed by atoms with Gasteiger partial charge in [0.1, 0.15) is 5.65 Å². The monoisotopic (exact) mass is 772 g/mol. The Bertz CT molecular complexity index is 2130. The van der Waals surface area contributed by atoms with Crippen LogP contribution in [0.3, 0.4) is 0 Å². The summed E-state index contributed by atoms with van der Waals surface area (Å²) in [6, 6.07) is 16.7. The van der Waals surface area contributed by atoms with Gasteiger partial charge >= 0.3 is 5.69 Å². The third-order valence-electron chi connectivity index (χ3n) is 9.34. The number of hydrogen-bond acceptors (Lipinski definition) is 7. The number of H-pyrrole nitrogens is 1. The van der Waals surface area contributed by atoms with Gasteiger partial charge in [0, 0.05) is 54.7 Å². The SMILES string of the molecule is CC(C)(C)c1cc2cn(-c3ccc(CNC(=O)CCN=C(N)N)cc3)c(=O)nc2[nH]1.[C-]#[N+]CCCN(C1CCNCC1)S(=O)(=O)c1ccc(C(C)(C)C)cc1. The molecule has 0 radical (unpaired) electrons. The lowest BCUT2D eigenvalue weighted by atomic mass is 9.87. The molecule has 2 aromatic carbocycles. The van der Waals surface area contributed by atoms with Crippen LogP contribution < -0.4 is 27.8 Å². The van der Waals surface area contributed by atoms with E-state index < -0.39 is 10.0 Å². The Labute approximate surface area is 324 Å². The van der Waals surface area contributed by atoms with Crippen LogP contribution in [0.15, 0.2) is 75.5 Å². The Kier molecular flexibility index (Phi) is 14.4.